The number of nitrogens with one attached hydrogen (secondary N) is 1. The first-order valence-electron chi connectivity index (χ1n) is 8.16. The van der Waals surface area contributed by atoms with Crippen molar-refractivity contribution in [2.75, 3.05) is 5.32 Å². The molecule has 21 heavy (non-hydrogen) atoms. The molecule has 1 aromatic rings. The van der Waals surface area contributed by atoms with Crippen LogP contribution in [0.1, 0.15) is 57.4 Å². The normalized spacial score (nSPS) is 17.4. The van der Waals surface area contributed by atoms with E-state index in [1.54, 1.807) is 0 Å². The Morgan fingerprint density at radius 3 is 2.52 bits per heavy atom. The van der Waals surface area contributed by atoms with E-state index < -0.39 is 0 Å². The summed E-state index contributed by atoms with van der Waals surface area (Å²) in [6.45, 7) is 1.99. The Bertz CT molecular complexity index is 435. The minimum atomic E-state index is 0.138. The molecule has 1 aliphatic rings. The molecule has 0 heterocycles. The van der Waals surface area contributed by atoms with Crippen molar-refractivity contribution in [2.45, 2.75) is 63.7 Å². The van der Waals surface area contributed by atoms with Crippen molar-refractivity contribution < 1.29 is 4.79 Å². The molecular formula is C18H26ClNO. The van der Waals surface area contributed by atoms with Gasteiger partial charge in [0.05, 0.1) is 0 Å². The number of anilines is 1. The van der Waals surface area contributed by atoms with Crippen molar-refractivity contribution in [3.63, 3.8) is 0 Å². The number of halogens is 1. The molecule has 0 spiro atoms. The SMILES string of the molecule is CC(Cl)Cc1ccc(NC(=O)CCC2CCCCC2)cc1. The molecule has 1 aliphatic carbocycles. The Morgan fingerprint density at radius 2 is 1.90 bits per heavy atom. The van der Waals surface area contributed by atoms with Gasteiger partial charge in [-0.1, -0.05) is 44.2 Å². The molecule has 116 valence electrons. The third-order valence-electron chi connectivity index (χ3n) is 4.26. The van der Waals surface area contributed by atoms with Gasteiger partial charge in [0.25, 0.3) is 0 Å². The Balaban J connectivity index is 1.74. The van der Waals surface area contributed by atoms with Crippen molar-refractivity contribution in [3.8, 4) is 0 Å². The van der Waals surface area contributed by atoms with Crippen molar-refractivity contribution in [2.24, 2.45) is 5.92 Å². The van der Waals surface area contributed by atoms with Crippen LogP contribution in [0.5, 0.6) is 0 Å². The van der Waals surface area contributed by atoms with Crippen LogP contribution in [0, 0.1) is 5.92 Å². The third-order valence-corrected chi connectivity index (χ3v) is 4.41. The summed E-state index contributed by atoms with van der Waals surface area (Å²) < 4.78 is 0. The first kappa shape index (κ1) is 16.4. The fraction of sp³-hybridized carbons (Fsp3) is 0.611. The summed E-state index contributed by atoms with van der Waals surface area (Å²) in [5, 5.41) is 3.13. The second-order valence-corrected chi connectivity index (χ2v) is 7.02. The average molecular weight is 308 g/mol. The summed E-state index contributed by atoms with van der Waals surface area (Å²) in [6, 6.07) is 8.01. The third kappa shape index (κ3) is 6.09. The summed E-state index contributed by atoms with van der Waals surface area (Å²) in [5.41, 5.74) is 2.09. The van der Waals surface area contributed by atoms with Crippen LogP contribution in [0.25, 0.3) is 0 Å². The molecule has 3 heteroatoms. The summed E-state index contributed by atoms with van der Waals surface area (Å²) in [7, 11) is 0. The molecule has 0 aromatic heterocycles. The summed E-state index contributed by atoms with van der Waals surface area (Å²) in [4.78, 5) is 12.0. The van der Waals surface area contributed by atoms with Gasteiger partial charge < -0.3 is 5.32 Å². The van der Waals surface area contributed by atoms with Crippen molar-refractivity contribution in [1.29, 1.82) is 0 Å². The molecule has 1 fully saturated rings. The Morgan fingerprint density at radius 1 is 1.24 bits per heavy atom. The summed E-state index contributed by atoms with van der Waals surface area (Å²) >= 11 is 5.98. The van der Waals surface area contributed by atoms with Gasteiger partial charge in [0.1, 0.15) is 0 Å². The zero-order valence-corrected chi connectivity index (χ0v) is 13.7. The van der Waals surface area contributed by atoms with Gasteiger partial charge in [0, 0.05) is 17.5 Å². The smallest absolute Gasteiger partial charge is 0.224 e. The van der Waals surface area contributed by atoms with E-state index in [0.717, 1.165) is 24.4 Å². The van der Waals surface area contributed by atoms with Crippen LogP contribution in [-0.4, -0.2) is 11.3 Å². The standard InChI is InChI=1S/C18H26ClNO/c1-14(19)13-16-7-10-17(11-8-16)20-18(21)12-9-15-5-3-2-4-6-15/h7-8,10-11,14-15H,2-6,9,12-13H2,1H3,(H,20,21). The van der Waals surface area contributed by atoms with Gasteiger partial charge in [-0.15, -0.1) is 11.6 Å². The molecular weight excluding hydrogens is 282 g/mol. The molecule has 1 atom stereocenters. The van der Waals surface area contributed by atoms with E-state index in [9.17, 15) is 4.79 Å². The van der Waals surface area contributed by atoms with E-state index in [4.69, 9.17) is 11.6 Å². The molecule has 1 amide bonds. The number of alkyl halides is 1. The fourth-order valence-corrected chi connectivity index (χ4v) is 3.26. The van der Waals surface area contributed by atoms with Gasteiger partial charge in [-0.3, -0.25) is 4.79 Å². The van der Waals surface area contributed by atoms with Crippen LogP contribution >= 0.6 is 11.6 Å². The first-order chi connectivity index (χ1) is 10.1. The summed E-state index contributed by atoms with van der Waals surface area (Å²) in [5.74, 6) is 0.899. The van der Waals surface area contributed by atoms with Gasteiger partial charge in [-0.05, 0) is 43.4 Å². The number of benzene rings is 1. The Kier molecular flexibility index (Phi) is 6.56. The molecule has 0 saturated heterocycles. The minimum Gasteiger partial charge on any atom is -0.326 e. The molecule has 2 rings (SSSR count). The maximum atomic E-state index is 12.0. The van der Waals surface area contributed by atoms with Crippen molar-refractivity contribution in [3.05, 3.63) is 29.8 Å². The summed E-state index contributed by atoms with van der Waals surface area (Å²) in [6.07, 6.45) is 9.20. The maximum absolute atomic E-state index is 12.0. The topological polar surface area (TPSA) is 29.1 Å². The number of carbonyl (C=O) groups is 1. The van der Waals surface area contributed by atoms with Crippen LogP contribution in [0.2, 0.25) is 0 Å². The highest BCUT2D eigenvalue weighted by molar-refractivity contribution is 6.20. The number of rotatable bonds is 6. The molecule has 1 unspecified atom stereocenters. The van der Waals surface area contributed by atoms with Crippen LogP contribution in [0.4, 0.5) is 5.69 Å². The van der Waals surface area contributed by atoms with Crippen LogP contribution < -0.4 is 5.32 Å². The molecule has 0 radical (unpaired) electrons. The zero-order chi connectivity index (χ0) is 15.1. The fourth-order valence-electron chi connectivity index (χ4n) is 3.08. The van der Waals surface area contributed by atoms with Crippen LogP contribution in [-0.2, 0) is 11.2 Å². The Labute approximate surface area is 133 Å². The van der Waals surface area contributed by atoms with Gasteiger partial charge in [0.15, 0.2) is 0 Å². The molecule has 1 saturated carbocycles. The minimum absolute atomic E-state index is 0.138. The van der Waals surface area contributed by atoms with E-state index in [2.05, 4.69) is 5.32 Å². The lowest BCUT2D eigenvalue weighted by atomic mass is 9.86. The second kappa shape index (κ2) is 8.43. The van der Waals surface area contributed by atoms with Gasteiger partial charge in [-0.2, -0.15) is 0 Å². The lowest BCUT2D eigenvalue weighted by Crippen LogP contribution is -2.14. The Hall–Kier alpha value is -1.02. The van der Waals surface area contributed by atoms with Crippen LogP contribution in [0.15, 0.2) is 24.3 Å². The van der Waals surface area contributed by atoms with E-state index in [0.29, 0.717) is 6.42 Å². The van der Waals surface area contributed by atoms with Crippen LogP contribution in [0.3, 0.4) is 0 Å². The number of hydrogen-bond acceptors (Lipinski definition) is 1. The lowest BCUT2D eigenvalue weighted by Gasteiger charge is -2.21. The predicted molar refractivity (Wildman–Crippen MR) is 89.9 cm³/mol. The molecule has 2 nitrogen and oxygen atoms in total. The predicted octanol–water partition coefficient (Wildman–Crippen LogP) is 5.16. The lowest BCUT2D eigenvalue weighted by molar-refractivity contribution is -0.116. The number of carbonyl (C=O) groups excluding carboxylic acids is 1. The largest absolute Gasteiger partial charge is 0.326 e. The highest BCUT2D eigenvalue weighted by Crippen LogP contribution is 2.27. The highest BCUT2D eigenvalue weighted by atomic mass is 35.5. The quantitative estimate of drug-likeness (QED) is 0.723. The van der Waals surface area contributed by atoms with Crippen molar-refractivity contribution in [1.82, 2.24) is 0 Å². The van der Waals surface area contributed by atoms with E-state index in [1.807, 2.05) is 31.2 Å². The molecule has 1 aromatic carbocycles. The van der Waals surface area contributed by atoms with Crippen molar-refractivity contribution >= 4 is 23.2 Å². The molecule has 1 N–H and O–H groups in total. The second-order valence-electron chi connectivity index (χ2n) is 6.27. The van der Waals surface area contributed by atoms with E-state index in [-0.39, 0.29) is 11.3 Å². The monoisotopic (exact) mass is 307 g/mol. The van der Waals surface area contributed by atoms with E-state index in [1.165, 1.54) is 37.7 Å². The zero-order valence-electron chi connectivity index (χ0n) is 12.9. The number of amides is 1. The van der Waals surface area contributed by atoms with Gasteiger partial charge >= 0.3 is 0 Å². The molecule has 0 bridgehead atoms. The molecule has 0 aliphatic heterocycles. The van der Waals surface area contributed by atoms with E-state index >= 15 is 0 Å². The van der Waals surface area contributed by atoms with Gasteiger partial charge in [-0.25, -0.2) is 0 Å². The van der Waals surface area contributed by atoms with Gasteiger partial charge in [0.2, 0.25) is 5.91 Å². The maximum Gasteiger partial charge on any atom is 0.224 e. The first-order valence-corrected chi connectivity index (χ1v) is 8.60. The number of hydrogen-bond donors (Lipinski definition) is 1. The average Bonchev–Trinajstić information content (AvgIpc) is 2.48. The highest BCUT2D eigenvalue weighted by Gasteiger charge is 2.14.